The fourth-order valence-electron chi connectivity index (χ4n) is 1.98. The van der Waals surface area contributed by atoms with Crippen molar-refractivity contribution < 1.29 is 19.4 Å². The maximum Gasteiger partial charge on any atom is 0.326 e. The summed E-state index contributed by atoms with van der Waals surface area (Å²) in [6, 6.07) is 10.0. The Morgan fingerprint density at radius 1 is 1.32 bits per heavy atom. The second-order valence-electron chi connectivity index (χ2n) is 4.78. The van der Waals surface area contributed by atoms with Gasteiger partial charge in [-0.2, -0.15) is 0 Å². The standard InChI is InChI=1S/C16H17NO4S/c1-11(16(19)20)17(9-12-6-4-3-5-7-12)15(18)14-8-13(21-2)10-22-14/h3-8,10-11H,9H2,1-2H3,(H,19,20)/t11-/m0/s1. The van der Waals surface area contributed by atoms with Crippen molar-refractivity contribution in [2.24, 2.45) is 0 Å². The Balaban J connectivity index is 2.27. The number of rotatable bonds is 6. The van der Waals surface area contributed by atoms with Gasteiger partial charge in [-0.15, -0.1) is 11.3 Å². The van der Waals surface area contributed by atoms with Crippen molar-refractivity contribution in [1.29, 1.82) is 0 Å². The number of benzene rings is 1. The van der Waals surface area contributed by atoms with Crippen molar-refractivity contribution in [2.75, 3.05) is 7.11 Å². The molecule has 1 aromatic heterocycles. The molecule has 1 amide bonds. The van der Waals surface area contributed by atoms with E-state index >= 15 is 0 Å². The highest BCUT2D eigenvalue weighted by atomic mass is 32.1. The molecule has 1 N–H and O–H groups in total. The van der Waals surface area contributed by atoms with Crippen LogP contribution in [0.4, 0.5) is 0 Å². The van der Waals surface area contributed by atoms with Crippen LogP contribution in [0.5, 0.6) is 5.75 Å². The Morgan fingerprint density at radius 2 is 2.00 bits per heavy atom. The third kappa shape index (κ3) is 3.65. The van der Waals surface area contributed by atoms with Crippen LogP contribution in [0.1, 0.15) is 22.2 Å². The van der Waals surface area contributed by atoms with Gasteiger partial charge in [-0.3, -0.25) is 4.79 Å². The molecular weight excluding hydrogens is 302 g/mol. The van der Waals surface area contributed by atoms with Crippen LogP contribution >= 0.6 is 11.3 Å². The Labute approximate surface area is 132 Å². The lowest BCUT2D eigenvalue weighted by Gasteiger charge is -2.26. The molecule has 0 saturated carbocycles. The Hall–Kier alpha value is -2.34. The number of methoxy groups -OCH3 is 1. The number of hydrogen-bond acceptors (Lipinski definition) is 4. The van der Waals surface area contributed by atoms with Gasteiger partial charge in [0, 0.05) is 18.0 Å². The number of hydrogen-bond donors (Lipinski definition) is 1. The van der Waals surface area contributed by atoms with E-state index in [4.69, 9.17) is 4.74 Å². The molecule has 1 heterocycles. The zero-order valence-corrected chi connectivity index (χ0v) is 13.2. The molecule has 0 bridgehead atoms. The van der Waals surface area contributed by atoms with E-state index in [9.17, 15) is 14.7 Å². The number of carbonyl (C=O) groups is 2. The molecule has 2 rings (SSSR count). The quantitative estimate of drug-likeness (QED) is 0.889. The molecule has 0 spiro atoms. The van der Waals surface area contributed by atoms with Crippen LogP contribution in [0.25, 0.3) is 0 Å². The Bertz CT molecular complexity index is 653. The van der Waals surface area contributed by atoms with Gasteiger partial charge in [-0.25, -0.2) is 4.79 Å². The van der Waals surface area contributed by atoms with Crippen molar-refractivity contribution in [1.82, 2.24) is 4.90 Å². The van der Waals surface area contributed by atoms with Gasteiger partial charge < -0.3 is 14.7 Å². The van der Waals surface area contributed by atoms with Gasteiger partial charge in [-0.05, 0) is 12.5 Å². The summed E-state index contributed by atoms with van der Waals surface area (Å²) < 4.78 is 5.07. The topological polar surface area (TPSA) is 66.8 Å². The highest BCUT2D eigenvalue weighted by Gasteiger charge is 2.27. The molecule has 116 valence electrons. The molecule has 0 aliphatic rings. The molecule has 1 atom stereocenters. The minimum absolute atomic E-state index is 0.243. The smallest absolute Gasteiger partial charge is 0.326 e. The number of carbonyl (C=O) groups excluding carboxylic acids is 1. The summed E-state index contributed by atoms with van der Waals surface area (Å²) in [6.45, 7) is 1.75. The number of carboxylic acids is 1. The SMILES string of the molecule is COc1csc(C(=O)N(Cc2ccccc2)[C@@H](C)C(=O)O)c1. The molecule has 6 heteroatoms. The second kappa shape index (κ2) is 7.09. The van der Waals surface area contributed by atoms with E-state index in [-0.39, 0.29) is 12.5 Å². The minimum atomic E-state index is -1.03. The number of nitrogens with zero attached hydrogens (tertiary/aromatic N) is 1. The van der Waals surface area contributed by atoms with Gasteiger partial charge in [0.25, 0.3) is 5.91 Å². The molecule has 0 aliphatic carbocycles. The van der Waals surface area contributed by atoms with Crippen LogP contribution in [0.3, 0.4) is 0 Å². The van der Waals surface area contributed by atoms with Crippen LogP contribution in [0.2, 0.25) is 0 Å². The van der Waals surface area contributed by atoms with E-state index in [2.05, 4.69) is 0 Å². The minimum Gasteiger partial charge on any atom is -0.496 e. The van der Waals surface area contributed by atoms with Crippen molar-refractivity contribution in [3.63, 3.8) is 0 Å². The van der Waals surface area contributed by atoms with Crippen LogP contribution in [0.15, 0.2) is 41.8 Å². The maximum atomic E-state index is 12.6. The third-order valence-electron chi connectivity index (χ3n) is 3.30. The molecule has 0 unspecified atom stereocenters. The van der Waals surface area contributed by atoms with Crippen LogP contribution in [-0.4, -0.2) is 35.0 Å². The average Bonchev–Trinajstić information content (AvgIpc) is 3.01. The van der Waals surface area contributed by atoms with Gasteiger partial charge in [0.1, 0.15) is 11.8 Å². The van der Waals surface area contributed by atoms with Crippen LogP contribution in [0, 0.1) is 0 Å². The molecule has 22 heavy (non-hydrogen) atoms. The maximum absolute atomic E-state index is 12.6. The van der Waals surface area contributed by atoms with E-state index < -0.39 is 12.0 Å². The van der Waals surface area contributed by atoms with E-state index in [1.165, 1.54) is 30.3 Å². The van der Waals surface area contributed by atoms with Gasteiger partial charge in [0.15, 0.2) is 0 Å². The first-order valence-electron chi connectivity index (χ1n) is 6.73. The van der Waals surface area contributed by atoms with Gasteiger partial charge in [0.2, 0.25) is 0 Å². The van der Waals surface area contributed by atoms with Gasteiger partial charge in [0.05, 0.1) is 12.0 Å². The van der Waals surface area contributed by atoms with Gasteiger partial charge in [-0.1, -0.05) is 30.3 Å². The lowest BCUT2D eigenvalue weighted by molar-refractivity contribution is -0.141. The first kappa shape index (κ1) is 16.0. The summed E-state index contributed by atoms with van der Waals surface area (Å²) in [7, 11) is 1.53. The summed E-state index contributed by atoms with van der Waals surface area (Å²) in [6.07, 6.45) is 0. The molecule has 0 saturated heterocycles. The summed E-state index contributed by atoms with van der Waals surface area (Å²) in [5.41, 5.74) is 0.882. The van der Waals surface area contributed by atoms with Gasteiger partial charge >= 0.3 is 5.97 Å². The third-order valence-corrected chi connectivity index (χ3v) is 4.20. The molecule has 5 nitrogen and oxygen atoms in total. The molecule has 2 aromatic rings. The first-order valence-corrected chi connectivity index (χ1v) is 7.61. The molecule has 0 radical (unpaired) electrons. The second-order valence-corrected chi connectivity index (χ2v) is 5.69. The normalized spacial score (nSPS) is 11.7. The lowest BCUT2D eigenvalue weighted by atomic mass is 10.1. The predicted octanol–water partition coefficient (Wildman–Crippen LogP) is 2.87. The van der Waals surface area contributed by atoms with E-state index in [1.54, 1.807) is 11.4 Å². The van der Waals surface area contributed by atoms with Crippen LogP contribution < -0.4 is 4.74 Å². The molecular formula is C16H17NO4S. The first-order chi connectivity index (χ1) is 10.5. The fourth-order valence-corrected chi connectivity index (χ4v) is 2.79. The number of thiophene rings is 1. The number of aliphatic carboxylic acids is 1. The van der Waals surface area contributed by atoms with Crippen molar-refractivity contribution in [3.05, 3.63) is 52.2 Å². The van der Waals surface area contributed by atoms with Crippen LogP contribution in [-0.2, 0) is 11.3 Å². The summed E-state index contributed by atoms with van der Waals surface area (Å²) in [5.74, 6) is -0.754. The monoisotopic (exact) mass is 319 g/mol. The summed E-state index contributed by atoms with van der Waals surface area (Å²) in [4.78, 5) is 25.8. The zero-order valence-electron chi connectivity index (χ0n) is 12.4. The van der Waals surface area contributed by atoms with E-state index in [0.717, 1.165) is 5.56 Å². The number of carboxylic acid groups (broad SMARTS) is 1. The lowest BCUT2D eigenvalue weighted by Crippen LogP contribution is -2.42. The highest BCUT2D eigenvalue weighted by molar-refractivity contribution is 7.12. The van der Waals surface area contributed by atoms with E-state index in [0.29, 0.717) is 10.6 Å². The molecule has 0 aliphatic heterocycles. The van der Waals surface area contributed by atoms with Crippen molar-refractivity contribution in [3.8, 4) is 5.75 Å². The number of amides is 1. The summed E-state index contributed by atoms with van der Waals surface area (Å²) >= 11 is 1.24. The average molecular weight is 319 g/mol. The van der Waals surface area contributed by atoms with Crippen molar-refractivity contribution >= 4 is 23.2 Å². The van der Waals surface area contributed by atoms with E-state index in [1.807, 2.05) is 30.3 Å². The van der Waals surface area contributed by atoms with Crippen molar-refractivity contribution in [2.45, 2.75) is 19.5 Å². The zero-order chi connectivity index (χ0) is 16.1. The Kier molecular flexibility index (Phi) is 5.16. The fraction of sp³-hybridized carbons (Fsp3) is 0.250. The molecule has 1 aromatic carbocycles. The Morgan fingerprint density at radius 3 is 2.55 bits per heavy atom. The predicted molar refractivity (Wildman–Crippen MR) is 84.3 cm³/mol. The number of ether oxygens (including phenoxy) is 1. The molecule has 0 fully saturated rings. The summed E-state index contributed by atoms with van der Waals surface area (Å²) in [5, 5.41) is 11.0. The largest absolute Gasteiger partial charge is 0.496 e. The highest BCUT2D eigenvalue weighted by Crippen LogP contribution is 2.24.